The van der Waals surface area contributed by atoms with Crippen LogP contribution in [-0.4, -0.2) is 16.3 Å². The summed E-state index contributed by atoms with van der Waals surface area (Å²) < 4.78 is 38.2. The third-order valence-corrected chi connectivity index (χ3v) is 6.76. The van der Waals surface area contributed by atoms with E-state index in [1.54, 1.807) is 36.4 Å². The van der Waals surface area contributed by atoms with Crippen LogP contribution in [0, 0.1) is 0 Å². The lowest BCUT2D eigenvalue weighted by molar-refractivity contribution is 0.534. The minimum Gasteiger partial charge on any atom is -0.236 e. The van der Waals surface area contributed by atoms with Crippen LogP contribution in [0.15, 0.2) is 64.4 Å². The Labute approximate surface area is 114 Å². The van der Waals surface area contributed by atoms with Gasteiger partial charge < -0.3 is 0 Å². The zero-order valence-electron chi connectivity index (χ0n) is 9.89. The molecule has 0 N–H and O–H groups in total. The molecule has 0 aliphatic carbocycles. The van der Waals surface area contributed by atoms with E-state index in [0.29, 0.717) is 4.90 Å². The predicted octanol–water partition coefficient (Wildman–Crippen LogP) is 1.91. The monoisotopic (exact) mass is 293 g/mol. The van der Waals surface area contributed by atoms with Crippen LogP contribution in [0.3, 0.4) is 0 Å². The highest BCUT2D eigenvalue weighted by Crippen LogP contribution is 2.31. The molecule has 0 aromatic heterocycles. The van der Waals surface area contributed by atoms with Gasteiger partial charge in [-0.2, -0.15) is 0 Å². The Morgan fingerprint density at radius 3 is 2.26 bits per heavy atom. The largest absolute Gasteiger partial charge is 0.254 e. The van der Waals surface area contributed by atoms with Crippen molar-refractivity contribution < 1.29 is 12.6 Å². The molecule has 1 heterocycles. The number of fused-ring (bicyclic) bond motifs is 1. The van der Waals surface area contributed by atoms with E-state index in [0.717, 1.165) is 9.27 Å². The molecule has 98 valence electrons. The Balaban J connectivity index is 2.05. The quantitative estimate of drug-likeness (QED) is 0.850. The molecule has 2 aromatic carbocycles. The molecule has 6 heteroatoms. The van der Waals surface area contributed by atoms with Gasteiger partial charge in [0, 0.05) is 0 Å². The van der Waals surface area contributed by atoms with E-state index in [1.165, 1.54) is 12.1 Å². The maximum atomic E-state index is 12.4. The predicted molar refractivity (Wildman–Crippen MR) is 72.0 cm³/mol. The summed E-state index contributed by atoms with van der Waals surface area (Å²) >= 11 is 0. The fourth-order valence-electron chi connectivity index (χ4n) is 2.00. The Hall–Kier alpha value is -1.50. The van der Waals surface area contributed by atoms with E-state index in [4.69, 9.17) is 0 Å². The van der Waals surface area contributed by atoms with Gasteiger partial charge in [0.1, 0.15) is 11.0 Å². The molecule has 1 aliphatic rings. The van der Waals surface area contributed by atoms with Gasteiger partial charge in [0.25, 0.3) is 10.0 Å². The van der Waals surface area contributed by atoms with E-state index < -0.39 is 21.0 Å². The molecule has 2 aromatic rings. The van der Waals surface area contributed by atoms with E-state index in [1.807, 2.05) is 6.07 Å². The van der Waals surface area contributed by atoms with Crippen LogP contribution in [0.25, 0.3) is 0 Å². The molecule has 0 fully saturated rings. The van der Waals surface area contributed by atoms with Gasteiger partial charge in [0.2, 0.25) is 0 Å². The Kier molecular flexibility index (Phi) is 3.00. The van der Waals surface area contributed by atoms with Crippen LogP contribution < -0.4 is 0 Å². The summed E-state index contributed by atoms with van der Waals surface area (Å²) in [5.74, 6) is 0. The minimum atomic E-state index is -3.72. The van der Waals surface area contributed by atoms with Crippen molar-refractivity contribution in [3.05, 3.63) is 60.2 Å². The highest BCUT2D eigenvalue weighted by Gasteiger charge is 2.36. The second-order valence-corrected chi connectivity index (χ2v) is 7.61. The maximum absolute atomic E-state index is 12.4. The molecule has 19 heavy (non-hydrogen) atoms. The van der Waals surface area contributed by atoms with Crippen LogP contribution in [-0.2, 0) is 27.6 Å². The summed E-state index contributed by atoms with van der Waals surface area (Å²) in [7, 11) is -5.38. The van der Waals surface area contributed by atoms with Crippen molar-refractivity contribution in [2.24, 2.45) is 0 Å². The number of nitrogens with zero attached hydrogens (tertiary/aromatic N) is 1. The molecule has 0 radical (unpaired) electrons. The second kappa shape index (κ2) is 4.56. The van der Waals surface area contributed by atoms with E-state index in [2.05, 4.69) is 0 Å². The first-order valence-electron chi connectivity index (χ1n) is 5.68. The first kappa shape index (κ1) is 12.5. The second-order valence-electron chi connectivity index (χ2n) is 4.14. The third-order valence-electron chi connectivity index (χ3n) is 2.95. The van der Waals surface area contributed by atoms with E-state index in [-0.39, 0.29) is 11.4 Å². The van der Waals surface area contributed by atoms with Gasteiger partial charge in [-0.3, -0.25) is 0 Å². The fourth-order valence-corrected chi connectivity index (χ4v) is 5.28. The number of sulfonamides is 1. The summed E-state index contributed by atoms with van der Waals surface area (Å²) in [6.45, 7) is 0.153. The Morgan fingerprint density at radius 2 is 1.58 bits per heavy atom. The molecular formula is C13H11NO3S2. The topological polar surface area (TPSA) is 54.5 Å². The van der Waals surface area contributed by atoms with E-state index in [9.17, 15) is 12.6 Å². The van der Waals surface area contributed by atoms with Crippen LogP contribution in [0.1, 0.15) is 5.56 Å². The van der Waals surface area contributed by atoms with Crippen molar-refractivity contribution >= 4 is 21.0 Å². The molecule has 3 rings (SSSR count). The average molecular weight is 293 g/mol. The molecule has 0 spiro atoms. The van der Waals surface area contributed by atoms with Crippen LogP contribution in [0.5, 0.6) is 0 Å². The maximum Gasteiger partial charge on any atom is 0.254 e. The highest BCUT2D eigenvalue weighted by molar-refractivity contribution is 8.01. The smallest absolute Gasteiger partial charge is 0.236 e. The first-order valence-corrected chi connectivity index (χ1v) is 8.23. The van der Waals surface area contributed by atoms with Crippen molar-refractivity contribution in [2.45, 2.75) is 16.3 Å². The zero-order valence-corrected chi connectivity index (χ0v) is 11.5. The highest BCUT2D eigenvalue weighted by atomic mass is 32.3. The molecule has 1 aliphatic heterocycles. The number of hydrogen-bond donors (Lipinski definition) is 0. The normalized spacial score (nSPS) is 19.3. The Morgan fingerprint density at radius 1 is 0.947 bits per heavy atom. The van der Waals surface area contributed by atoms with Gasteiger partial charge in [-0.15, -0.1) is 3.71 Å². The lowest BCUT2D eigenvalue weighted by Gasteiger charge is -2.13. The molecule has 1 atom stereocenters. The Bertz CT molecular complexity index is 741. The van der Waals surface area contributed by atoms with Crippen LogP contribution >= 0.6 is 0 Å². The molecule has 0 saturated heterocycles. The summed E-state index contributed by atoms with van der Waals surface area (Å²) in [6.07, 6.45) is 0. The van der Waals surface area contributed by atoms with Gasteiger partial charge in [-0.25, -0.2) is 12.6 Å². The third kappa shape index (κ3) is 2.01. The molecular weight excluding hydrogens is 282 g/mol. The zero-order chi connectivity index (χ0) is 13.5. The van der Waals surface area contributed by atoms with E-state index >= 15 is 0 Å². The number of hydrogen-bond acceptors (Lipinski definition) is 3. The number of rotatable bonds is 2. The molecule has 0 amide bonds. The van der Waals surface area contributed by atoms with Crippen molar-refractivity contribution in [1.29, 1.82) is 0 Å². The summed E-state index contributed by atoms with van der Waals surface area (Å²) in [6, 6.07) is 15.1. The van der Waals surface area contributed by atoms with Crippen molar-refractivity contribution in [3.63, 3.8) is 0 Å². The van der Waals surface area contributed by atoms with Crippen LogP contribution in [0.4, 0.5) is 0 Å². The molecule has 1 unspecified atom stereocenters. The SMILES string of the molecule is O=S1c2ccccc2CN1S(=O)(=O)c1ccccc1. The molecule has 4 nitrogen and oxygen atoms in total. The first-order chi connectivity index (χ1) is 9.10. The van der Waals surface area contributed by atoms with Crippen molar-refractivity contribution in [2.75, 3.05) is 0 Å². The fraction of sp³-hybridized carbons (Fsp3) is 0.0769. The lowest BCUT2D eigenvalue weighted by atomic mass is 10.2. The van der Waals surface area contributed by atoms with Gasteiger partial charge in [-0.1, -0.05) is 36.4 Å². The van der Waals surface area contributed by atoms with Gasteiger partial charge in [0.15, 0.2) is 0 Å². The summed E-state index contributed by atoms with van der Waals surface area (Å²) in [4.78, 5) is 0.734. The summed E-state index contributed by atoms with van der Waals surface area (Å²) in [5, 5.41) is 0. The van der Waals surface area contributed by atoms with Crippen LogP contribution in [0.2, 0.25) is 0 Å². The van der Waals surface area contributed by atoms with Gasteiger partial charge in [0.05, 0.1) is 16.3 Å². The molecule has 0 bridgehead atoms. The van der Waals surface area contributed by atoms with Gasteiger partial charge >= 0.3 is 0 Å². The van der Waals surface area contributed by atoms with Crippen molar-refractivity contribution in [1.82, 2.24) is 3.71 Å². The standard InChI is InChI=1S/C13H11NO3S2/c15-18-13-9-5-4-6-11(13)10-14(18)19(16,17)12-7-2-1-3-8-12/h1-9H,10H2. The van der Waals surface area contributed by atoms with Crippen molar-refractivity contribution in [3.8, 4) is 0 Å². The molecule has 0 saturated carbocycles. The summed E-state index contributed by atoms with van der Waals surface area (Å²) in [5.41, 5.74) is 0.792. The minimum absolute atomic E-state index is 0.153. The number of benzene rings is 2. The lowest BCUT2D eigenvalue weighted by Crippen LogP contribution is -2.27. The van der Waals surface area contributed by atoms with Gasteiger partial charge in [-0.05, 0) is 23.8 Å². The average Bonchev–Trinajstić information content (AvgIpc) is 2.78.